The van der Waals surface area contributed by atoms with Crippen molar-refractivity contribution in [2.45, 2.75) is 19.8 Å². The van der Waals surface area contributed by atoms with Crippen LogP contribution in [0.3, 0.4) is 0 Å². The molecule has 0 radical (unpaired) electrons. The minimum absolute atomic E-state index is 0.0878. The molecular weight excluding hydrogens is 206 g/mol. The molecule has 88 valence electrons. The van der Waals surface area contributed by atoms with Crippen LogP contribution in [0.5, 0.6) is 5.75 Å². The molecule has 0 unspecified atom stereocenters. The number of hydrogen-bond donors (Lipinski definition) is 0. The van der Waals surface area contributed by atoms with Crippen LogP contribution < -0.4 is 4.74 Å². The minimum atomic E-state index is 0.0878. The Morgan fingerprint density at radius 3 is 2.75 bits per heavy atom. The first-order chi connectivity index (χ1) is 7.65. The van der Waals surface area contributed by atoms with Crippen LogP contribution in [0.4, 0.5) is 0 Å². The lowest BCUT2D eigenvalue weighted by atomic mass is 10.1. The molecule has 0 aliphatic carbocycles. The first-order valence-corrected chi connectivity index (χ1v) is 5.18. The van der Waals surface area contributed by atoms with Gasteiger partial charge in [0, 0.05) is 37.1 Å². The minimum Gasteiger partial charge on any atom is -0.497 e. The number of rotatable bonds is 6. The lowest BCUT2D eigenvalue weighted by molar-refractivity contribution is -0.122. The average molecular weight is 223 g/mol. The largest absolute Gasteiger partial charge is 0.497 e. The second-order valence-electron chi connectivity index (χ2n) is 3.61. The van der Waals surface area contributed by atoms with Crippen molar-refractivity contribution in [2.24, 2.45) is 0 Å². The van der Waals surface area contributed by atoms with Crippen LogP contribution in [0.2, 0.25) is 0 Å². The summed E-state index contributed by atoms with van der Waals surface area (Å²) in [5.74, 6) is 0.867. The number of ether oxygens (including phenoxy) is 2. The Morgan fingerprint density at radius 2 is 2.12 bits per heavy atom. The molecule has 0 aliphatic heterocycles. The molecule has 0 N–H and O–H groups in total. The fourth-order valence-electron chi connectivity index (χ4n) is 1.45. The highest BCUT2D eigenvalue weighted by atomic mass is 16.5. The molecule has 0 amide bonds. The van der Waals surface area contributed by atoms with E-state index in [0.29, 0.717) is 12.8 Å². The van der Waals surface area contributed by atoms with E-state index in [2.05, 4.69) is 4.98 Å². The number of pyridine rings is 1. The number of carbonyl (C=O) groups excluding carboxylic acids is 1. The van der Waals surface area contributed by atoms with Crippen molar-refractivity contribution in [3.8, 4) is 5.75 Å². The monoisotopic (exact) mass is 223 g/mol. The first kappa shape index (κ1) is 12.6. The molecule has 1 aromatic rings. The molecule has 0 aromatic carbocycles. The second-order valence-corrected chi connectivity index (χ2v) is 3.61. The summed E-state index contributed by atoms with van der Waals surface area (Å²) in [6, 6.07) is 3.72. The van der Waals surface area contributed by atoms with E-state index in [1.165, 1.54) is 7.11 Å². The van der Waals surface area contributed by atoms with Crippen LogP contribution in [0.1, 0.15) is 17.8 Å². The van der Waals surface area contributed by atoms with E-state index in [0.717, 1.165) is 17.1 Å². The summed E-state index contributed by atoms with van der Waals surface area (Å²) in [5, 5.41) is 0. The van der Waals surface area contributed by atoms with Crippen molar-refractivity contribution < 1.29 is 14.3 Å². The van der Waals surface area contributed by atoms with Crippen LogP contribution in [0, 0.1) is 6.92 Å². The predicted octanol–water partition coefficient (Wildman–Crippen LogP) is 1.55. The van der Waals surface area contributed by atoms with Gasteiger partial charge in [-0.05, 0) is 13.3 Å². The second kappa shape index (κ2) is 6.23. The molecule has 0 spiro atoms. The van der Waals surface area contributed by atoms with Crippen molar-refractivity contribution in [1.82, 2.24) is 4.98 Å². The Bertz CT molecular complexity index is 363. The van der Waals surface area contributed by atoms with Gasteiger partial charge in [0.15, 0.2) is 5.78 Å². The molecule has 0 bridgehead atoms. The number of aryl methyl sites for hydroxylation is 2. The summed E-state index contributed by atoms with van der Waals surface area (Å²) in [6.07, 6.45) is 1.08. The van der Waals surface area contributed by atoms with Gasteiger partial charge in [0.1, 0.15) is 12.4 Å². The van der Waals surface area contributed by atoms with Gasteiger partial charge in [-0.15, -0.1) is 0 Å². The van der Waals surface area contributed by atoms with Gasteiger partial charge in [-0.25, -0.2) is 0 Å². The zero-order valence-corrected chi connectivity index (χ0v) is 9.95. The van der Waals surface area contributed by atoms with Crippen LogP contribution in [-0.2, 0) is 16.0 Å². The van der Waals surface area contributed by atoms with Crippen LogP contribution in [-0.4, -0.2) is 31.6 Å². The number of aromatic nitrogens is 1. The first-order valence-electron chi connectivity index (χ1n) is 5.18. The highest BCUT2D eigenvalue weighted by molar-refractivity contribution is 5.79. The van der Waals surface area contributed by atoms with Crippen molar-refractivity contribution >= 4 is 5.78 Å². The maximum absolute atomic E-state index is 11.3. The maximum atomic E-state index is 11.3. The molecule has 1 heterocycles. The highest BCUT2D eigenvalue weighted by Gasteiger charge is 2.05. The summed E-state index contributed by atoms with van der Waals surface area (Å²) >= 11 is 0. The fourth-order valence-corrected chi connectivity index (χ4v) is 1.45. The smallest absolute Gasteiger partial charge is 0.158 e. The van der Waals surface area contributed by atoms with Gasteiger partial charge in [-0.2, -0.15) is 0 Å². The fraction of sp³-hybridized carbons (Fsp3) is 0.500. The normalized spacial score (nSPS) is 10.2. The van der Waals surface area contributed by atoms with Gasteiger partial charge in [0.25, 0.3) is 0 Å². The highest BCUT2D eigenvalue weighted by Crippen LogP contribution is 2.14. The van der Waals surface area contributed by atoms with Crippen LogP contribution in [0.15, 0.2) is 12.1 Å². The van der Waals surface area contributed by atoms with Crippen molar-refractivity contribution in [2.75, 3.05) is 20.8 Å². The molecule has 0 aliphatic rings. The van der Waals surface area contributed by atoms with Gasteiger partial charge in [-0.1, -0.05) is 0 Å². The molecule has 0 atom stereocenters. The summed E-state index contributed by atoms with van der Waals surface area (Å²) in [5.41, 5.74) is 1.77. The Labute approximate surface area is 95.6 Å². The summed E-state index contributed by atoms with van der Waals surface area (Å²) < 4.78 is 9.91. The van der Waals surface area contributed by atoms with E-state index in [9.17, 15) is 4.79 Å². The van der Waals surface area contributed by atoms with E-state index in [4.69, 9.17) is 9.47 Å². The number of ketones is 1. The molecule has 4 heteroatoms. The molecule has 0 saturated carbocycles. The third kappa shape index (κ3) is 3.98. The maximum Gasteiger partial charge on any atom is 0.158 e. The molecule has 1 aromatic heterocycles. The molecule has 0 saturated heterocycles. The molecule has 16 heavy (non-hydrogen) atoms. The summed E-state index contributed by atoms with van der Waals surface area (Å²) in [7, 11) is 3.14. The molecule has 4 nitrogen and oxygen atoms in total. The van der Waals surface area contributed by atoms with Gasteiger partial charge >= 0.3 is 0 Å². The SMILES string of the molecule is COCC(=O)CCc1cc(OC)cc(C)n1. The number of methoxy groups -OCH3 is 2. The lowest BCUT2D eigenvalue weighted by Gasteiger charge is -2.05. The standard InChI is InChI=1S/C12H17NO3/c1-9-6-12(16-3)7-10(13-9)4-5-11(14)8-15-2/h6-7H,4-5,8H2,1-3H3. The van der Waals surface area contributed by atoms with Gasteiger partial charge in [0.2, 0.25) is 0 Å². The molecule has 0 fully saturated rings. The van der Waals surface area contributed by atoms with E-state index in [1.54, 1.807) is 7.11 Å². The van der Waals surface area contributed by atoms with E-state index in [1.807, 2.05) is 19.1 Å². The predicted molar refractivity (Wildman–Crippen MR) is 60.7 cm³/mol. The van der Waals surface area contributed by atoms with Crippen molar-refractivity contribution in [3.05, 3.63) is 23.5 Å². The Morgan fingerprint density at radius 1 is 1.38 bits per heavy atom. The van der Waals surface area contributed by atoms with Crippen LogP contribution >= 0.6 is 0 Å². The third-order valence-electron chi connectivity index (χ3n) is 2.18. The zero-order valence-electron chi connectivity index (χ0n) is 9.95. The van der Waals surface area contributed by atoms with Gasteiger partial charge in [0.05, 0.1) is 7.11 Å². The van der Waals surface area contributed by atoms with E-state index in [-0.39, 0.29) is 12.4 Å². The lowest BCUT2D eigenvalue weighted by Crippen LogP contribution is -2.08. The quantitative estimate of drug-likeness (QED) is 0.734. The Hall–Kier alpha value is -1.42. The van der Waals surface area contributed by atoms with Crippen molar-refractivity contribution in [1.29, 1.82) is 0 Å². The number of carbonyl (C=O) groups is 1. The van der Waals surface area contributed by atoms with Crippen LogP contribution in [0.25, 0.3) is 0 Å². The number of nitrogens with zero attached hydrogens (tertiary/aromatic N) is 1. The topological polar surface area (TPSA) is 48.4 Å². The molecular formula is C12H17NO3. The third-order valence-corrected chi connectivity index (χ3v) is 2.18. The van der Waals surface area contributed by atoms with E-state index < -0.39 is 0 Å². The summed E-state index contributed by atoms with van der Waals surface area (Å²) in [4.78, 5) is 15.6. The van der Waals surface area contributed by atoms with E-state index >= 15 is 0 Å². The average Bonchev–Trinajstić information content (AvgIpc) is 2.26. The zero-order chi connectivity index (χ0) is 12.0. The number of Topliss-reactive ketones (excluding diaryl/α,β-unsaturated/α-hetero) is 1. The Balaban J connectivity index is 2.59. The Kier molecular flexibility index (Phi) is 4.92. The molecule has 1 rings (SSSR count). The van der Waals surface area contributed by atoms with Crippen molar-refractivity contribution in [3.63, 3.8) is 0 Å². The van der Waals surface area contributed by atoms with Gasteiger partial charge in [-0.3, -0.25) is 9.78 Å². The number of hydrogen-bond acceptors (Lipinski definition) is 4. The summed E-state index contributed by atoms with van der Waals surface area (Å²) in [6.45, 7) is 2.08. The van der Waals surface area contributed by atoms with Gasteiger partial charge < -0.3 is 9.47 Å².